The highest BCUT2D eigenvalue weighted by atomic mass is 19.4. The number of aromatic nitrogens is 3. The Kier molecular flexibility index (Phi) is 7.83. The first-order chi connectivity index (χ1) is 17.6. The number of carbonyl (C=O) groups excluding carboxylic acids is 2. The van der Waals surface area contributed by atoms with Crippen LogP contribution in [-0.4, -0.2) is 44.9 Å². The van der Waals surface area contributed by atoms with Gasteiger partial charge in [0.25, 0.3) is 11.8 Å². The summed E-state index contributed by atoms with van der Waals surface area (Å²) in [5.74, 6) is -3.00. The molecule has 2 amide bonds. The van der Waals surface area contributed by atoms with Gasteiger partial charge in [-0.05, 0) is 31.2 Å². The van der Waals surface area contributed by atoms with E-state index in [9.17, 15) is 45.4 Å². The number of phenols is 1. The lowest BCUT2D eigenvalue weighted by atomic mass is 10.0. The number of alkyl halides is 6. The van der Waals surface area contributed by atoms with E-state index in [1.807, 2.05) is 5.32 Å². The van der Waals surface area contributed by atoms with Crippen LogP contribution in [0.2, 0.25) is 0 Å². The van der Waals surface area contributed by atoms with Crippen molar-refractivity contribution < 1.29 is 50.2 Å². The summed E-state index contributed by atoms with van der Waals surface area (Å²) < 4.78 is 91.5. The minimum absolute atomic E-state index is 0.0133. The fraction of sp³-hybridized carbons (Fsp3) is 0.273. The van der Waals surface area contributed by atoms with Crippen molar-refractivity contribution >= 4 is 23.3 Å². The summed E-state index contributed by atoms with van der Waals surface area (Å²) in [5, 5.41) is 19.9. The molecule has 1 aromatic carbocycles. The van der Waals surface area contributed by atoms with Crippen LogP contribution in [0.1, 0.15) is 35.1 Å². The molecule has 0 bridgehead atoms. The lowest BCUT2D eigenvalue weighted by Crippen LogP contribution is -2.26. The Hall–Kier alpha value is -4.37. The number of hydrogen-bond acceptors (Lipinski definition) is 6. The Labute approximate surface area is 209 Å². The standard InChI is InChI=1S/C19H13F4N5O4.C3H5F3/c1-7-15(16(28-27-7)19(21,22)23)26-18(31)9-4-10(20)8(5-12(9)29)11-2-3-13-17(24-11)25-14(30)6-32-13;1-2-3(4,5)6/h2-5,29H,6H2,1H3,(H,26,31)(H,27,28)(H,24,25,30);2H2,1H3. The van der Waals surface area contributed by atoms with Gasteiger partial charge in [-0.15, -0.1) is 0 Å². The largest absolute Gasteiger partial charge is 0.507 e. The number of anilines is 2. The summed E-state index contributed by atoms with van der Waals surface area (Å²) in [6.07, 6.45) is -9.53. The highest BCUT2D eigenvalue weighted by Gasteiger charge is 2.38. The van der Waals surface area contributed by atoms with Gasteiger partial charge in [-0.1, -0.05) is 6.92 Å². The minimum Gasteiger partial charge on any atom is -0.507 e. The number of aryl methyl sites for hydroxylation is 1. The summed E-state index contributed by atoms with van der Waals surface area (Å²) in [4.78, 5) is 28.0. The van der Waals surface area contributed by atoms with E-state index in [1.54, 1.807) is 0 Å². The van der Waals surface area contributed by atoms with Crippen LogP contribution in [-0.2, 0) is 11.0 Å². The molecular weight excluding hydrogens is 531 g/mol. The Morgan fingerprint density at radius 1 is 1.18 bits per heavy atom. The molecule has 0 aliphatic carbocycles. The number of amides is 2. The zero-order valence-electron chi connectivity index (χ0n) is 19.4. The van der Waals surface area contributed by atoms with Gasteiger partial charge in [0, 0.05) is 12.0 Å². The molecule has 0 atom stereocenters. The number of halogens is 7. The number of nitrogens with zero attached hydrogens (tertiary/aromatic N) is 2. The summed E-state index contributed by atoms with van der Waals surface area (Å²) in [6, 6.07) is 4.38. The van der Waals surface area contributed by atoms with Crippen molar-refractivity contribution in [1.29, 1.82) is 0 Å². The SMILES string of the molecule is CCC(F)(F)F.Cc1[nH]nc(C(F)(F)F)c1NC(=O)c1cc(F)c(-c2ccc3c(n2)NC(=O)CO3)cc1O. The lowest BCUT2D eigenvalue weighted by molar-refractivity contribution is -0.140. The van der Waals surface area contributed by atoms with E-state index in [4.69, 9.17) is 4.74 Å². The molecule has 1 aliphatic heterocycles. The molecule has 16 heteroatoms. The summed E-state index contributed by atoms with van der Waals surface area (Å²) in [5.41, 5.74) is -2.88. The Bertz CT molecular complexity index is 1370. The molecule has 0 saturated heterocycles. The number of fused-ring (bicyclic) bond motifs is 1. The van der Waals surface area contributed by atoms with Crippen molar-refractivity contribution in [2.45, 2.75) is 32.6 Å². The van der Waals surface area contributed by atoms with Gasteiger partial charge in [0.1, 0.15) is 11.6 Å². The lowest BCUT2D eigenvalue weighted by Gasteiger charge is -2.17. The van der Waals surface area contributed by atoms with Crippen LogP contribution >= 0.6 is 0 Å². The highest BCUT2D eigenvalue weighted by molar-refractivity contribution is 6.07. The molecule has 3 heterocycles. The zero-order chi connectivity index (χ0) is 28.4. The van der Waals surface area contributed by atoms with E-state index in [0.29, 0.717) is 6.07 Å². The van der Waals surface area contributed by atoms with Gasteiger partial charge in [0.05, 0.1) is 22.6 Å². The van der Waals surface area contributed by atoms with Crippen molar-refractivity contribution in [3.63, 3.8) is 0 Å². The summed E-state index contributed by atoms with van der Waals surface area (Å²) >= 11 is 0. The van der Waals surface area contributed by atoms with Gasteiger partial charge in [0.2, 0.25) is 0 Å². The molecule has 3 aromatic rings. The maximum Gasteiger partial charge on any atom is 0.437 e. The average molecular weight is 549 g/mol. The van der Waals surface area contributed by atoms with Crippen molar-refractivity contribution in [1.82, 2.24) is 15.2 Å². The molecular formula is C22H18F7N5O4. The summed E-state index contributed by atoms with van der Waals surface area (Å²) in [7, 11) is 0. The van der Waals surface area contributed by atoms with Gasteiger partial charge < -0.3 is 20.5 Å². The molecule has 2 aromatic heterocycles. The molecule has 1 aliphatic rings. The topological polar surface area (TPSA) is 129 Å². The van der Waals surface area contributed by atoms with Crippen LogP contribution < -0.4 is 15.4 Å². The Morgan fingerprint density at radius 3 is 2.45 bits per heavy atom. The second-order valence-electron chi connectivity index (χ2n) is 7.72. The number of benzene rings is 1. The molecule has 0 unspecified atom stereocenters. The molecule has 204 valence electrons. The van der Waals surface area contributed by atoms with Crippen LogP contribution in [0.4, 0.5) is 42.2 Å². The normalized spacial score (nSPS) is 13.0. The Morgan fingerprint density at radius 2 is 1.84 bits per heavy atom. The van der Waals surface area contributed by atoms with Crippen LogP contribution in [0.15, 0.2) is 24.3 Å². The predicted molar refractivity (Wildman–Crippen MR) is 118 cm³/mol. The minimum atomic E-state index is -4.85. The zero-order valence-corrected chi connectivity index (χ0v) is 19.4. The van der Waals surface area contributed by atoms with Crippen molar-refractivity contribution in [2.75, 3.05) is 17.2 Å². The highest BCUT2D eigenvalue weighted by Crippen LogP contribution is 2.36. The number of phenolic OH excluding ortho intramolecular Hbond substituents is 1. The predicted octanol–water partition coefficient (Wildman–Crippen LogP) is 5.19. The van der Waals surface area contributed by atoms with Crippen molar-refractivity contribution in [3.05, 3.63) is 47.0 Å². The van der Waals surface area contributed by atoms with Gasteiger partial charge in [-0.2, -0.15) is 31.4 Å². The number of nitrogens with one attached hydrogen (secondary N) is 3. The second-order valence-corrected chi connectivity index (χ2v) is 7.72. The summed E-state index contributed by atoms with van der Waals surface area (Å²) in [6.45, 7) is 2.14. The quantitative estimate of drug-likeness (QED) is 0.333. The first kappa shape index (κ1) is 28.2. The first-order valence-corrected chi connectivity index (χ1v) is 10.6. The average Bonchev–Trinajstić information content (AvgIpc) is 3.20. The fourth-order valence-electron chi connectivity index (χ4n) is 3.02. The van der Waals surface area contributed by atoms with E-state index in [-0.39, 0.29) is 35.1 Å². The molecule has 0 spiro atoms. The molecule has 9 nitrogen and oxygen atoms in total. The van der Waals surface area contributed by atoms with E-state index in [1.165, 1.54) is 19.1 Å². The number of ether oxygens (including phenoxy) is 1. The van der Waals surface area contributed by atoms with E-state index in [2.05, 4.69) is 20.5 Å². The van der Waals surface area contributed by atoms with Gasteiger partial charge in [0.15, 0.2) is 23.9 Å². The van der Waals surface area contributed by atoms with Crippen LogP contribution in [0.5, 0.6) is 11.5 Å². The number of aromatic hydroxyl groups is 1. The molecule has 4 rings (SSSR count). The number of hydrogen-bond donors (Lipinski definition) is 4. The Balaban J connectivity index is 0.000000599. The maximum atomic E-state index is 14.8. The molecule has 0 fully saturated rings. The number of carbonyl (C=O) groups is 2. The van der Waals surface area contributed by atoms with E-state index in [0.717, 1.165) is 13.0 Å². The van der Waals surface area contributed by atoms with Gasteiger partial charge in [-0.3, -0.25) is 14.7 Å². The van der Waals surface area contributed by atoms with Crippen molar-refractivity contribution in [2.24, 2.45) is 0 Å². The first-order valence-electron chi connectivity index (χ1n) is 10.6. The number of rotatable bonds is 3. The molecule has 4 N–H and O–H groups in total. The number of aromatic amines is 1. The molecule has 0 saturated carbocycles. The molecule has 38 heavy (non-hydrogen) atoms. The van der Waals surface area contributed by atoms with Gasteiger partial charge in [-0.25, -0.2) is 9.37 Å². The fourth-order valence-corrected chi connectivity index (χ4v) is 3.02. The monoisotopic (exact) mass is 549 g/mol. The van der Waals surface area contributed by atoms with Crippen molar-refractivity contribution in [3.8, 4) is 22.8 Å². The molecule has 0 radical (unpaired) electrons. The number of H-pyrrole nitrogens is 1. The third-order valence-corrected chi connectivity index (χ3v) is 4.94. The van der Waals surface area contributed by atoms with E-state index < -0.39 is 59.1 Å². The second kappa shape index (κ2) is 10.5. The van der Waals surface area contributed by atoms with Crippen LogP contribution in [0, 0.1) is 12.7 Å². The third kappa shape index (κ3) is 6.49. The van der Waals surface area contributed by atoms with Crippen LogP contribution in [0.3, 0.4) is 0 Å². The van der Waals surface area contributed by atoms with Crippen LogP contribution in [0.25, 0.3) is 11.3 Å². The number of pyridine rings is 1. The smallest absolute Gasteiger partial charge is 0.437 e. The van der Waals surface area contributed by atoms with Gasteiger partial charge >= 0.3 is 12.4 Å². The van der Waals surface area contributed by atoms with E-state index >= 15 is 0 Å². The third-order valence-electron chi connectivity index (χ3n) is 4.94. The maximum absolute atomic E-state index is 14.8.